The molecule has 1 atom stereocenters. The van der Waals surface area contributed by atoms with Gasteiger partial charge in [0.2, 0.25) is 0 Å². The molecule has 0 bridgehead atoms. The van der Waals surface area contributed by atoms with E-state index in [0.717, 1.165) is 17.7 Å². The van der Waals surface area contributed by atoms with Gasteiger partial charge in [-0.2, -0.15) is 0 Å². The van der Waals surface area contributed by atoms with Crippen LogP contribution < -0.4 is 14.8 Å². The van der Waals surface area contributed by atoms with E-state index in [9.17, 15) is 9.59 Å². The highest BCUT2D eigenvalue weighted by atomic mass is 16.5. The number of benzene rings is 1. The zero-order chi connectivity index (χ0) is 17.1. The Labute approximate surface area is 140 Å². The maximum Gasteiger partial charge on any atom is 0.268 e. The minimum Gasteiger partial charge on any atom is -0.490 e. The highest BCUT2D eigenvalue weighted by molar-refractivity contribution is 5.99. The summed E-state index contributed by atoms with van der Waals surface area (Å²) in [5, 5.41) is 2.91. The van der Waals surface area contributed by atoms with Gasteiger partial charge in [0.15, 0.2) is 17.3 Å². The smallest absolute Gasteiger partial charge is 0.268 e. The minimum absolute atomic E-state index is 0.0822. The van der Waals surface area contributed by atoms with Gasteiger partial charge in [-0.3, -0.25) is 9.59 Å². The van der Waals surface area contributed by atoms with Crippen LogP contribution >= 0.6 is 0 Å². The Balaban J connectivity index is 1.72. The lowest BCUT2D eigenvalue weighted by atomic mass is 10.1. The number of rotatable bonds is 4. The molecule has 2 N–H and O–H groups in total. The van der Waals surface area contributed by atoms with Gasteiger partial charge in [0.1, 0.15) is 5.69 Å². The van der Waals surface area contributed by atoms with Crippen LogP contribution in [-0.2, 0) is 0 Å². The van der Waals surface area contributed by atoms with E-state index in [1.807, 2.05) is 25.1 Å². The lowest BCUT2D eigenvalue weighted by Crippen LogP contribution is -2.26. The SMILES string of the molecule is CC(=O)c1c[nH]c(C(=O)NC(C)c2ccc3c(c2)OCCCO3)c1. The Bertz CT molecular complexity index is 766. The third-order valence-electron chi connectivity index (χ3n) is 3.95. The van der Waals surface area contributed by atoms with Crippen LogP contribution in [0.3, 0.4) is 0 Å². The molecule has 1 unspecified atom stereocenters. The van der Waals surface area contributed by atoms with E-state index in [0.29, 0.717) is 30.2 Å². The van der Waals surface area contributed by atoms with Gasteiger partial charge < -0.3 is 19.8 Å². The molecule has 2 aromatic rings. The molecule has 0 fully saturated rings. The van der Waals surface area contributed by atoms with Crippen LogP contribution in [0.2, 0.25) is 0 Å². The van der Waals surface area contributed by atoms with Gasteiger partial charge in [-0.1, -0.05) is 6.07 Å². The summed E-state index contributed by atoms with van der Waals surface area (Å²) in [6, 6.07) is 7.01. The zero-order valence-electron chi connectivity index (χ0n) is 13.7. The fraction of sp³-hybridized carbons (Fsp3) is 0.333. The predicted octanol–water partition coefficient (Wildman–Crippen LogP) is 2.87. The van der Waals surface area contributed by atoms with Gasteiger partial charge in [0.25, 0.3) is 5.91 Å². The topological polar surface area (TPSA) is 80.4 Å². The van der Waals surface area contributed by atoms with E-state index in [-0.39, 0.29) is 17.7 Å². The number of H-pyrrole nitrogens is 1. The number of aromatic amines is 1. The molecule has 1 amide bonds. The molecule has 6 heteroatoms. The molecule has 0 saturated heterocycles. The van der Waals surface area contributed by atoms with Gasteiger partial charge in [-0.15, -0.1) is 0 Å². The number of carbonyl (C=O) groups is 2. The molecular weight excluding hydrogens is 308 g/mol. The number of amides is 1. The Hall–Kier alpha value is -2.76. The van der Waals surface area contributed by atoms with E-state index >= 15 is 0 Å². The molecular formula is C18H20N2O4. The average molecular weight is 328 g/mol. The molecule has 0 aliphatic carbocycles. The maximum atomic E-state index is 12.3. The van der Waals surface area contributed by atoms with E-state index in [4.69, 9.17) is 9.47 Å². The Morgan fingerprint density at radius 2 is 1.92 bits per heavy atom. The van der Waals surface area contributed by atoms with Crippen molar-refractivity contribution in [3.05, 3.63) is 47.3 Å². The van der Waals surface area contributed by atoms with E-state index in [1.165, 1.54) is 13.1 Å². The Kier molecular flexibility index (Phi) is 4.55. The van der Waals surface area contributed by atoms with Crippen molar-refractivity contribution in [2.75, 3.05) is 13.2 Å². The fourth-order valence-corrected chi connectivity index (χ4v) is 2.54. The molecule has 0 radical (unpaired) electrons. The molecule has 1 aromatic heterocycles. The second-order valence-corrected chi connectivity index (χ2v) is 5.81. The molecule has 126 valence electrons. The van der Waals surface area contributed by atoms with Crippen LogP contribution in [0, 0.1) is 0 Å². The van der Waals surface area contributed by atoms with Crippen molar-refractivity contribution in [1.29, 1.82) is 0 Å². The van der Waals surface area contributed by atoms with Gasteiger partial charge in [-0.05, 0) is 37.6 Å². The molecule has 0 spiro atoms. The number of hydrogen-bond acceptors (Lipinski definition) is 4. The van der Waals surface area contributed by atoms with Crippen LogP contribution in [0.5, 0.6) is 11.5 Å². The van der Waals surface area contributed by atoms with Crippen LogP contribution in [0.4, 0.5) is 0 Å². The number of ketones is 1. The third-order valence-corrected chi connectivity index (χ3v) is 3.95. The number of nitrogens with one attached hydrogen (secondary N) is 2. The normalized spacial score (nSPS) is 14.6. The summed E-state index contributed by atoms with van der Waals surface area (Å²) in [7, 11) is 0. The Morgan fingerprint density at radius 3 is 2.62 bits per heavy atom. The molecule has 6 nitrogen and oxygen atoms in total. The molecule has 2 heterocycles. The highest BCUT2D eigenvalue weighted by Gasteiger charge is 2.17. The molecule has 1 aliphatic rings. The summed E-state index contributed by atoms with van der Waals surface area (Å²) in [5.41, 5.74) is 1.77. The van der Waals surface area contributed by atoms with Crippen molar-refractivity contribution in [2.24, 2.45) is 0 Å². The lowest BCUT2D eigenvalue weighted by Gasteiger charge is -2.16. The number of carbonyl (C=O) groups excluding carboxylic acids is 2. The van der Waals surface area contributed by atoms with Crippen molar-refractivity contribution in [3.8, 4) is 11.5 Å². The number of hydrogen-bond donors (Lipinski definition) is 2. The van der Waals surface area contributed by atoms with Crippen molar-refractivity contribution in [2.45, 2.75) is 26.3 Å². The quantitative estimate of drug-likeness (QED) is 0.846. The number of ether oxygens (including phenoxy) is 2. The highest BCUT2D eigenvalue weighted by Crippen LogP contribution is 2.32. The van der Waals surface area contributed by atoms with Crippen molar-refractivity contribution in [1.82, 2.24) is 10.3 Å². The van der Waals surface area contributed by atoms with Crippen LogP contribution in [-0.4, -0.2) is 29.9 Å². The van der Waals surface area contributed by atoms with Crippen LogP contribution in [0.1, 0.15) is 52.7 Å². The molecule has 24 heavy (non-hydrogen) atoms. The molecule has 0 saturated carbocycles. The number of Topliss-reactive ketones (excluding diaryl/α,β-unsaturated/α-hetero) is 1. The second kappa shape index (κ2) is 6.78. The summed E-state index contributed by atoms with van der Waals surface area (Å²) in [6.45, 7) is 4.62. The monoisotopic (exact) mass is 328 g/mol. The first kappa shape index (κ1) is 16.1. The van der Waals surface area contributed by atoms with Crippen molar-refractivity contribution in [3.63, 3.8) is 0 Å². The lowest BCUT2D eigenvalue weighted by molar-refractivity contribution is 0.0935. The molecule has 1 aromatic carbocycles. The molecule has 3 rings (SSSR count). The van der Waals surface area contributed by atoms with Gasteiger partial charge in [0.05, 0.1) is 19.3 Å². The van der Waals surface area contributed by atoms with E-state index < -0.39 is 0 Å². The fourth-order valence-electron chi connectivity index (χ4n) is 2.54. The summed E-state index contributed by atoms with van der Waals surface area (Å²) in [4.78, 5) is 26.4. The first-order chi connectivity index (χ1) is 11.5. The first-order valence-electron chi connectivity index (χ1n) is 7.94. The number of aromatic nitrogens is 1. The summed E-state index contributed by atoms with van der Waals surface area (Å²) in [6.07, 6.45) is 2.39. The van der Waals surface area contributed by atoms with Gasteiger partial charge in [-0.25, -0.2) is 0 Å². The van der Waals surface area contributed by atoms with Crippen LogP contribution in [0.15, 0.2) is 30.5 Å². The van der Waals surface area contributed by atoms with Crippen LogP contribution in [0.25, 0.3) is 0 Å². The van der Waals surface area contributed by atoms with E-state index in [1.54, 1.807) is 6.07 Å². The van der Waals surface area contributed by atoms with Gasteiger partial charge >= 0.3 is 0 Å². The second-order valence-electron chi connectivity index (χ2n) is 5.81. The standard InChI is InChI=1S/C18H20N2O4/c1-11(20-18(22)15-8-14(10-19-15)12(2)21)13-4-5-16-17(9-13)24-7-3-6-23-16/h4-5,8-11,19H,3,6-7H2,1-2H3,(H,20,22). The first-order valence-corrected chi connectivity index (χ1v) is 7.94. The van der Waals surface area contributed by atoms with Crippen molar-refractivity contribution < 1.29 is 19.1 Å². The third kappa shape index (κ3) is 3.42. The maximum absolute atomic E-state index is 12.3. The minimum atomic E-state index is -0.262. The van der Waals surface area contributed by atoms with E-state index in [2.05, 4.69) is 10.3 Å². The number of fused-ring (bicyclic) bond motifs is 1. The summed E-state index contributed by atoms with van der Waals surface area (Å²) < 4.78 is 11.3. The van der Waals surface area contributed by atoms with Crippen molar-refractivity contribution >= 4 is 11.7 Å². The largest absolute Gasteiger partial charge is 0.490 e. The summed E-state index contributed by atoms with van der Waals surface area (Å²) >= 11 is 0. The molecule has 1 aliphatic heterocycles. The predicted molar refractivity (Wildman–Crippen MR) is 88.7 cm³/mol. The Morgan fingerprint density at radius 1 is 1.17 bits per heavy atom. The zero-order valence-corrected chi connectivity index (χ0v) is 13.7. The summed E-state index contributed by atoms with van der Waals surface area (Å²) in [5.74, 6) is 1.08. The van der Waals surface area contributed by atoms with Gasteiger partial charge in [0, 0.05) is 18.2 Å². The average Bonchev–Trinajstić information content (AvgIpc) is 2.94.